The van der Waals surface area contributed by atoms with Crippen LogP contribution in [0, 0.1) is 5.41 Å². The molecule has 0 aromatic carbocycles. The van der Waals surface area contributed by atoms with E-state index in [0.29, 0.717) is 18.3 Å². The molecule has 108 valence electrons. The fourth-order valence-electron chi connectivity index (χ4n) is 1.72. The molecule has 6 nitrogen and oxygen atoms in total. The van der Waals surface area contributed by atoms with E-state index >= 15 is 0 Å². The highest BCUT2D eigenvalue weighted by Crippen LogP contribution is 2.20. The maximum absolute atomic E-state index is 11.8. The first-order valence-electron chi connectivity index (χ1n) is 6.16. The van der Waals surface area contributed by atoms with Crippen LogP contribution in [0.4, 0.5) is 4.79 Å². The molecule has 1 rings (SSSR count). The van der Waals surface area contributed by atoms with Gasteiger partial charge in [-0.15, -0.1) is 0 Å². The second kappa shape index (κ2) is 6.27. The average Bonchev–Trinajstić information content (AvgIpc) is 2.27. The van der Waals surface area contributed by atoms with E-state index < -0.39 is 23.3 Å². The molecule has 1 aliphatic heterocycles. The van der Waals surface area contributed by atoms with E-state index in [1.54, 1.807) is 16.7 Å². The maximum atomic E-state index is 11.8. The Hall–Kier alpha value is -1.24. The lowest BCUT2D eigenvalue weighted by atomic mass is 9.89. The summed E-state index contributed by atoms with van der Waals surface area (Å²) in [5.74, 6) is -0.759. The van der Waals surface area contributed by atoms with E-state index in [4.69, 9.17) is 5.11 Å². The lowest BCUT2D eigenvalue weighted by Crippen LogP contribution is -2.49. The zero-order valence-electron chi connectivity index (χ0n) is 11.4. The number of carbonyl (C=O) groups excluding carboxylic acids is 2. The van der Waals surface area contributed by atoms with Crippen molar-refractivity contribution in [2.24, 2.45) is 5.41 Å². The predicted octanol–water partition coefficient (Wildman–Crippen LogP) is 1.16. The molecule has 1 aliphatic rings. The maximum Gasteiger partial charge on any atom is 0.324 e. The van der Waals surface area contributed by atoms with Gasteiger partial charge in [0.15, 0.2) is 0 Å². The average molecular weight is 288 g/mol. The smallest absolute Gasteiger partial charge is 0.324 e. The molecule has 0 saturated carbocycles. The number of rotatable bonds is 3. The molecule has 1 fully saturated rings. The minimum absolute atomic E-state index is 0.216. The van der Waals surface area contributed by atoms with Gasteiger partial charge in [-0.2, -0.15) is 11.8 Å². The van der Waals surface area contributed by atoms with E-state index in [-0.39, 0.29) is 6.42 Å². The summed E-state index contributed by atoms with van der Waals surface area (Å²) in [6.45, 7) is 6.15. The van der Waals surface area contributed by atoms with Crippen LogP contribution in [0.1, 0.15) is 27.2 Å². The van der Waals surface area contributed by atoms with Crippen molar-refractivity contribution < 1.29 is 19.5 Å². The minimum atomic E-state index is -1.17. The number of urea groups is 1. The van der Waals surface area contributed by atoms with Crippen molar-refractivity contribution >= 4 is 29.7 Å². The Labute approximate surface area is 116 Å². The topological polar surface area (TPSA) is 86.7 Å². The Morgan fingerprint density at radius 3 is 2.58 bits per heavy atom. The normalized spacial score (nSPS) is 19.9. The highest BCUT2D eigenvalue weighted by molar-refractivity contribution is 7.99. The van der Waals surface area contributed by atoms with Gasteiger partial charge in [-0.25, -0.2) is 4.79 Å². The van der Waals surface area contributed by atoms with Gasteiger partial charge in [0.25, 0.3) is 0 Å². The van der Waals surface area contributed by atoms with Crippen LogP contribution in [0.2, 0.25) is 0 Å². The number of carbonyl (C=O) groups is 3. The molecule has 0 spiro atoms. The molecule has 0 aromatic heterocycles. The first-order valence-corrected chi connectivity index (χ1v) is 7.21. The third kappa shape index (κ3) is 4.74. The largest absolute Gasteiger partial charge is 0.481 e. The number of hydrogen-bond acceptors (Lipinski definition) is 4. The summed E-state index contributed by atoms with van der Waals surface area (Å²) in [5, 5.41) is 11.5. The number of thioether (sulfide) groups is 1. The van der Waals surface area contributed by atoms with E-state index in [2.05, 4.69) is 5.32 Å². The van der Waals surface area contributed by atoms with Crippen molar-refractivity contribution in [3.63, 3.8) is 0 Å². The fourth-order valence-corrected chi connectivity index (χ4v) is 2.74. The zero-order chi connectivity index (χ0) is 14.6. The highest BCUT2D eigenvalue weighted by atomic mass is 32.2. The summed E-state index contributed by atoms with van der Waals surface area (Å²) in [6.07, 6.45) is -0.216. The van der Waals surface area contributed by atoms with Gasteiger partial charge in [0.1, 0.15) is 0 Å². The van der Waals surface area contributed by atoms with Crippen LogP contribution < -0.4 is 5.32 Å². The van der Waals surface area contributed by atoms with Gasteiger partial charge in [0.05, 0.1) is 5.41 Å². The Morgan fingerprint density at radius 1 is 1.42 bits per heavy atom. The van der Waals surface area contributed by atoms with Crippen molar-refractivity contribution in [1.29, 1.82) is 0 Å². The van der Waals surface area contributed by atoms with Crippen molar-refractivity contribution in [1.82, 2.24) is 10.2 Å². The van der Waals surface area contributed by atoms with Gasteiger partial charge in [0.2, 0.25) is 5.91 Å². The minimum Gasteiger partial charge on any atom is -0.481 e. The highest BCUT2D eigenvalue weighted by Gasteiger charge is 2.31. The molecule has 19 heavy (non-hydrogen) atoms. The number of nitrogens with one attached hydrogen (secondary N) is 1. The van der Waals surface area contributed by atoms with Crippen LogP contribution in [-0.2, 0) is 9.59 Å². The van der Waals surface area contributed by atoms with Crippen molar-refractivity contribution in [3.8, 4) is 0 Å². The lowest BCUT2D eigenvalue weighted by Gasteiger charge is -2.30. The number of nitrogens with zero attached hydrogens (tertiary/aromatic N) is 1. The number of amides is 3. The fraction of sp³-hybridized carbons (Fsp3) is 0.750. The number of hydrogen-bond donors (Lipinski definition) is 2. The number of aliphatic carboxylic acids is 1. The van der Waals surface area contributed by atoms with Crippen LogP contribution in [0.15, 0.2) is 0 Å². The Morgan fingerprint density at radius 2 is 2.05 bits per heavy atom. The number of imide groups is 1. The summed E-state index contributed by atoms with van der Waals surface area (Å²) in [5.41, 5.74) is -1.17. The quantitative estimate of drug-likeness (QED) is 0.814. The molecule has 3 amide bonds. The van der Waals surface area contributed by atoms with Gasteiger partial charge in [-0.1, -0.05) is 6.92 Å². The van der Waals surface area contributed by atoms with Crippen molar-refractivity contribution in [2.75, 3.05) is 18.8 Å². The molecule has 0 aromatic rings. The molecule has 0 aliphatic carbocycles. The van der Waals surface area contributed by atoms with Crippen molar-refractivity contribution in [3.05, 3.63) is 0 Å². The molecule has 2 N–H and O–H groups in total. The molecule has 1 heterocycles. The predicted molar refractivity (Wildman–Crippen MR) is 73.1 cm³/mol. The molecule has 0 radical (unpaired) electrons. The zero-order valence-corrected chi connectivity index (χ0v) is 12.2. The second-order valence-corrected chi connectivity index (χ2v) is 6.89. The van der Waals surface area contributed by atoms with E-state index in [1.165, 1.54) is 13.8 Å². The molecule has 1 saturated heterocycles. The molecule has 7 heteroatoms. The summed E-state index contributed by atoms with van der Waals surface area (Å²) in [6, 6.07) is -0.432. The van der Waals surface area contributed by atoms with Crippen LogP contribution in [0.3, 0.4) is 0 Å². The molecule has 0 bridgehead atoms. The van der Waals surface area contributed by atoms with Gasteiger partial charge in [0, 0.05) is 30.5 Å². The first kappa shape index (κ1) is 15.8. The monoisotopic (exact) mass is 288 g/mol. The lowest BCUT2D eigenvalue weighted by molar-refractivity contribution is -0.149. The van der Waals surface area contributed by atoms with Crippen LogP contribution in [-0.4, -0.2) is 52.0 Å². The van der Waals surface area contributed by atoms with E-state index in [0.717, 1.165) is 5.75 Å². The standard InChI is InChI=1S/C12H20N2O4S/c1-8-7-14(4-5-19-8)11(18)13-9(15)6-12(2,3)10(16)17/h8H,4-7H2,1-3H3,(H,16,17)(H,13,15,18). The van der Waals surface area contributed by atoms with Crippen molar-refractivity contribution in [2.45, 2.75) is 32.4 Å². The van der Waals surface area contributed by atoms with E-state index in [9.17, 15) is 14.4 Å². The first-order chi connectivity index (χ1) is 8.72. The summed E-state index contributed by atoms with van der Waals surface area (Å²) >= 11 is 1.79. The van der Waals surface area contributed by atoms with Crippen LogP contribution >= 0.6 is 11.8 Å². The number of carboxylic acids is 1. The summed E-state index contributed by atoms with van der Waals surface area (Å²) in [7, 11) is 0. The molecular weight excluding hydrogens is 268 g/mol. The van der Waals surface area contributed by atoms with Crippen LogP contribution in [0.5, 0.6) is 0 Å². The van der Waals surface area contributed by atoms with Crippen LogP contribution in [0.25, 0.3) is 0 Å². The van der Waals surface area contributed by atoms with E-state index in [1.807, 2.05) is 6.92 Å². The van der Waals surface area contributed by atoms with Gasteiger partial charge in [-0.05, 0) is 13.8 Å². The summed E-state index contributed by atoms with van der Waals surface area (Å²) in [4.78, 5) is 36.0. The number of carboxylic acid groups (broad SMARTS) is 1. The van der Waals surface area contributed by atoms with Gasteiger partial charge < -0.3 is 10.0 Å². The SMILES string of the molecule is CC1CN(C(=O)NC(=O)CC(C)(C)C(=O)O)CCS1. The Balaban J connectivity index is 2.48. The second-order valence-electron chi connectivity index (χ2n) is 5.35. The molecule has 1 unspecified atom stereocenters. The third-order valence-corrected chi connectivity index (χ3v) is 4.09. The Bertz CT molecular complexity index is 384. The Kier molecular flexibility index (Phi) is 5.22. The summed E-state index contributed by atoms with van der Waals surface area (Å²) < 4.78 is 0. The van der Waals surface area contributed by atoms with Gasteiger partial charge >= 0.3 is 12.0 Å². The van der Waals surface area contributed by atoms with Gasteiger partial charge in [-0.3, -0.25) is 14.9 Å². The third-order valence-electron chi connectivity index (χ3n) is 2.96. The molecule has 1 atom stereocenters. The molecular formula is C12H20N2O4S.